The second-order valence-electron chi connectivity index (χ2n) is 17.4. The number of aromatic nitrogens is 2. The summed E-state index contributed by atoms with van der Waals surface area (Å²) in [6.07, 6.45) is 5.61. The van der Waals surface area contributed by atoms with E-state index in [1.165, 1.54) is 13.4 Å². The van der Waals surface area contributed by atoms with Crippen LogP contribution in [0.5, 0.6) is 11.8 Å². The molecule has 18 nitrogen and oxygen atoms in total. The molecule has 370 valence electrons. The van der Waals surface area contributed by atoms with Crippen LogP contribution in [0.25, 0.3) is 21.8 Å². The zero-order valence-electron chi connectivity index (χ0n) is 39.7. The summed E-state index contributed by atoms with van der Waals surface area (Å²) in [7, 11) is -0.234. The molecular weight excluding hydrogens is 917 g/mol. The van der Waals surface area contributed by atoms with Gasteiger partial charge in [-0.3, -0.25) is 0 Å². The highest BCUT2D eigenvalue weighted by Gasteiger charge is 2.30. The molecule has 4 heterocycles. The Labute approximate surface area is 398 Å². The third-order valence-electron chi connectivity index (χ3n) is 12.7. The molecule has 2 aliphatic rings. The summed E-state index contributed by atoms with van der Waals surface area (Å²) in [5, 5.41) is 11.4. The van der Waals surface area contributed by atoms with Gasteiger partial charge in [0.1, 0.15) is 17.7 Å². The molecule has 0 radical (unpaired) electrons. The van der Waals surface area contributed by atoms with Crippen LogP contribution in [0.2, 0.25) is 0 Å². The van der Waals surface area contributed by atoms with Gasteiger partial charge in [-0.15, -0.1) is 0 Å². The van der Waals surface area contributed by atoms with Gasteiger partial charge in [-0.2, -0.15) is 0 Å². The number of carbonyl (C=O) groups is 3. The first-order valence-electron chi connectivity index (χ1n) is 22.6. The number of sulfonamides is 2. The molecule has 2 aliphatic heterocycles. The van der Waals surface area contributed by atoms with E-state index in [1.54, 1.807) is 30.9 Å². The molecule has 3 aromatic carbocycles. The average Bonchev–Trinajstić information content (AvgIpc) is 3.78. The fourth-order valence-electron chi connectivity index (χ4n) is 9.13. The maximum atomic E-state index is 12.8. The van der Waals surface area contributed by atoms with Gasteiger partial charge in [0.05, 0.1) is 50.9 Å². The number of aromatic carboxylic acids is 1. The summed E-state index contributed by atoms with van der Waals surface area (Å²) in [6, 6.07) is 22.6. The van der Waals surface area contributed by atoms with Crippen LogP contribution in [0.4, 0.5) is 4.79 Å². The summed E-state index contributed by atoms with van der Waals surface area (Å²) in [4.78, 5) is 41.8. The SMILES string of the molecule is COc1c(C(=O)O)c2c(CC3CCN(CCN(C(=O)OCc4ccccc4)S(C)(=O)=O)CC3)cccc2n1C.COc1c(C(=O)OCC2CCN(CCNS(C)(=O)=O)CC2)c2ccccc2n1C. The molecule has 2 saturated heterocycles. The largest absolute Gasteiger partial charge is 0.482 e. The van der Waals surface area contributed by atoms with Crippen molar-refractivity contribution in [2.75, 3.05) is 85.7 Å². The number of esters is 1. The van der Waals surface area contributed by atoms with Crippen LogP contribution in [-0.4, -0.2) is 149 Å². The molecule has 0 saturated carbocycles. The van der Waals surface area contributed by atoms with Crippen LogP contribution in [0.15, 0.2) is 72.8 Å². The minimum atomic E-state index is -3.78. The van der Waals surface area contributed by atoms with E-state index in [4.69, 9.17) is 18.9 Å². The van der Waals surface area contributed by atoms with E-state index in [2.05, 4.69) is 14.5 Å². The Morgan fingerprint density at radius 2 is 1.29 bits per heavy atom. The number of amides is 1. The smallest absolute Gasteiger partial charge is 0.423 e. The number of rotatable bonds is 18. The topological polar surface area (TPSA) is 208 Å². The van der Waals surface area contributed by atoms with Gasteiger partial charge in [0.25, 0.3) is 0 Å². The second kappa shape index (κ2) is 23.1. The van der Waals surface area contributed by atoms with E-state index < -0.39 is 32.1 Å². The number of carboxylic acid groups (broad SMARTS) is 1. The van der Waals surface area contributed by atoms with Crippen molar-refractivity contribution in [3.8, 4) is 11.8 Å². The summed E-state index contributed by atoms with van der Waals surface area (Å²) < 4.78 is 75.5. The first-order chi connectivity index (χ1) is 32.4. The first-order valence-corrected chi connectivity index (χ1v) is 26.4. The molecule has 68 heavy (non-hydrogen) atoms. The van der Waals surface area contributed by atoms with Crippen LogP contribution in [-0.2, 0) is 56.6 Å². The van der Waals surface area contributed by atoms with E-state index in [-0.39, 0.29) is 24.7 Å². The fourth-order valence-corrected chi connectivity index (χ4v) is 10.3. The predicted octanol–water partition coefficient (Wildman–Crippen LogP) is 5.34. The van der Waals surface area contributed by atoms with Crippen LogP contribution < -0.4 is 14.2 Å². The molecule has 2 N–H and O–H groups in total. The highest BCUT2D eigenvalue weighted by atomic mass is 32.2. The van der Waals surface area contributed by atoms with Crippen molar-refractivity contribution in [3.05, 3.63) is 95.1 Å². The molecule has 2 aromatic heterocycles. The fraction of sp³-hybridized carbons (Fsp3) is 0.479. The van der Waals surface area contributed by atoms with Gasteiger partial charge in [-0.25, -0.2) is 40.2 Å². The van der Waals surface area contributed by atoms with Crippen LogP contribution in [0.3, 0.4) is 0 Å². The van der Waals surface area contributed by atoms with E-state index in [0.29, 0.717) is 60.8 Å². The number of methoxy groups -OCH3 is 2. The van der Waals surface area contributed by atoms with Gasteiger partial charge >= 0.3 is 18.0 Å². The number of nitrogens with zero attached hydrogens (tertiary/aromatic N) is 5. The van der Waals surface area contributed by atoms with E-state index in [0.717, 1.165) is 96.4 Å². The zero-order valence-corrected chi connectivity index (χ0v) is 41.3. The van der Waals surface area contributed by atoms with Crippen molar-refractivity contribution in [2.45, 2.75) is 38.7 Å². The molecule has 1 amide bonds. The van der Waals surface area contributed by atoms with Gasteiger partial charge in [-0.1, -0.05) is 60.7 Å². The number of likely N-dealkylation sites (tertiary alicyclic amines) is 2. The van der Waals surface area contributed by atoms with Crippen LogP contribution in [0, 0.1) is 11.8 Å². The number of aryl methyl sites for hydroxylation is 2. The molecule has 20 heteroatoms. The van der Waals surface area contributed by atoms with Crippen molar-refractivity contribution in [3.63, 3.8) is 0 Å². The monoisotopic (exact) mass is 980 g/mol. The summed E-state index contributed by atoms with van der Waals surface area (Å²) in [6.45, 7) is 5.14. The number of piperidine rings is 2. The lowest BCUT2D eigenvalue weighted by atomic mass is 9.88. The Kier molecular flexibility index (Phi) is 17.6. The van der Waals surface area contributed by atoms with Gasteiger partial charge < -0.3 is 43.0 Å². The molecule has 0 unspecified atom stereocenters. The second-order valence-corrected chi connectivity index (χ2v) is 21.2. The quantitative estimate of drug-likeness (QED) is 0.106. The van der Waals surface area contributed by atoms with Crippen molar-refractivity contribution < 1.29 is 55.3 Å². The molecule has 5 aromatic rings. The number of hydrogen-bond acceptors (Lipinski definition) is 13. The highest BCUT2D eigenvalue weighted by molar-refractivity contribution is 7.89. The molecule has 0 atom stereocenters. The third-order valence-corrected chi connectivity index (χ3v) is 14.6. The number of fused-ring (bicyclic) bond motifs is 2. The molecule has 0 spiro atoms. The van der Waals surface area contributed by atoms with E-state index in [1.807, 2.05) is 72.3 Å². The van der Waals surface area contributed by atoms with Gasteiger partial charge in [0.2, 0.25) is 31.8 Å². The van der Waals surface area contributed by atoms with Gasteiger partial charge in [-0.05, 0) is 93.4 Å². The number of nitrogens with one attached hydrogen (secondary N) is 1. The number of carbonyl (C=O) groups excluding carboxylic acids is 2. The van der Waals surface area contributed by atoms with Gasteiger partial charge in [0, 0.05) is 44.5 Å². The Hall–Kier alpha value is -5.67. The number of hydrogen-bond donors (Lipinski definition) is 2. The van der Waals surface area contributed by atoms with Gasteiger partial charge in [0.15, 0.2) is 0 Å². The average molecular weight is 981 g/mol. The van der Waals surface area contributed by atoms with Crippen molar-refractivity contribution >= 4 is 59.9 Å². The zero-order chi connectivity index (χ0) is 49.2. The van der Waals surface area contributed by atoms with Crippen molar-refractivity contribution in [1.29, 1.82) is 0 Å². The molecular formula is C48H64N6O12S2. The van der Waals surface area contributed by atoms with Crippen molar-refractivity contribution in [2.24, 2.45) is 25.9 Å². The normalized spacial score (nSPS) is 15.4. The predicted molar refractivity (Wildman–Crippen MR) is 259 cm³/mol. The lowest BCUT2D eigenvalue weighted by molar-refractivity contribution is 0.0372. The molecule has 7 rings (SSSR count). The number of benzene rings is 3. The maximum Gasteiger partial charge on any atom is 0.423 e. The number of carboxylic acids is 1. The third kappa shape index (κ3) is 13.1. The minimum Gasteiger partial charge on any atom is -0.482 e. The lowest BCUT2D eigenvalue weighted by Gasteiger charge is -2.33. The maximum absolute atomic E-state index is 12.8. The van der Waals surface area contributed by atoms with E-state index >= 15 is 0 Å². The van der Waals surface area contributed by atoms with Crippen molar-refractivity contribution in [1.82, 2.24) is 28.0 Å². The highest BCUT2D eigenvalue weighted by Crippen LogP contribution is 2.36. The van der Waals surface area contributed by atoms with E-state index in [9.17, 15) is 36.3 Å². The molecule has 0 bridgehead atoms. The van der Waals surface area contributed by atoms with Crippen LogP contribution in [0.1, 0.15) is 57.5 Å². The Morgan fingerprint density at radius 1 is 0.721 bits per heavy atom. The Bertz CT molecular complexity index is 2760. The first kappa shape index (κ1) is 51.7. The Morgan fingerprint density at radius 3 is 1.91 bits per heavy atom. The Balaban J connectivity index is 0.000000234. The summed E-state index contributed by atoms with van der Waals surface area (Å²) in [5.41, 5.74) is 4.15. The summed E-state index contributed by atoms with van der Waals surface area (Å²) in [5.74, 6) is 0.110. The molecule has 0 aliphatic carbocycles. The number of para-hydroxylation sites is 1. The minimum absolute atomic E-state index is 0.000717. The lowest BCUT2D eigenvalue weighted by Crippen LogP contribution is -2.44. The summed E-state index contributed by atoms with van der Waals surface area (Å²) >= 11 is 0. The van der Waals surface area contributed by atoms with Crippen LogP contribution >= 0.6 is 0 Å². The molecule has 2 fully saturated rings. The standard InChI is InChI=1S/C28H35N3O7S.C20H29N3O5S/c1-29-23-11-7-10-22(24(23)25(27(32)33)26(29)37-2)18-20-12-14-30(15-13-20)16-17-31(39(3,35)36)28(34)38-19-21-8-5-4-6-9-21;1-22-17-7-5-4-6-16(17)18(19(22)27-2)20(24)28-14-15-8-11-23(12-9-15)13-10-21-29(3,25)26/h4-11,20H,12-19H2,1-3H3,(H,32,33);4-7,15,21H,8-14H2,1-3H3. The number of ether oxygens (including phenoxy) is 4.